The minimum absolute atomic E-state index is 0.250. The number of benzene rings is 1. The molecule has 2 nitrogen and oxygen atoms in total. The summed E-state index contributed by atoms with van der Waals surface area (Å²) in [6.07, 6.45) is 1.14. The SMILES string of the molecule is CCC(C)SCc1ccccc1C(=O)OC. The second kappa shape index (κ2) is 6.59. The van der Waals surface area contributed by atoms with Crippen molar-refractivity contribution in [2.24, 2.45) is 0 Å². The van der Waals surface area contributed by atoms with E-state index in [9.17, 15) is 4.79 Å². The van der Waals surface area contributed by atoms with Gasteiger partial charge in [0.1, 0.15) is 0 Å². The van der Waals surface area contributed by atoms with Crippen LogP contribution in [0.15, 0.2) is 24.3 Å². The fraction of sp³-hybridized carbons (Fsp3) is 0.462. The predicted molar refractivity (Wildman–Crippen MR) is 68.8 cm³/mol. The normalized spacial score (nSPS) is 12.2. The third-order valence-electron chi connectivity index (χ3n) is 2.52. The van der Waals surface area contributed by atoms with Crippen LogP contribution < -0.4 is 0 Å². The lowest BCUT2D eigenvalue weighted by Gasteiger charge is -2.10. The summed E-state index contributed by atoms with van der Waals surface area (Å²) in [4.78, 5) is 11.5. The van der Waals surface area contributed by atoms with Gasteiger partial charge in [-0.15, -0.1) is 0 Å². The molecule has 0 N–H and O–H groups in total. The Bertz CT molecular complexity index is 350. The number of rotatable bonds is 5. The molecule has 88 valence electrons. The van der Waals surface area contributed by atoms with E-state index in [1.54, 1.807) is 0 Å². The average Bonchev–Trinajstić information content (AvgIpc) is 2.35. The highest BCUT2D eigenvalue weighted by atomic mass is 32.2. The van der Waals surface area contributed by atoms with E-state index in [0.29, 0.717) is 10.8 Å². The zero-order valence-electron chi connectivity index (χ0n) is 10.0. The third-order valence-corrected chi connectivity index (χ3v) is 3.90. The number of thioether (sulfide) groups is 1. The molecule has 0 heterocycles. The van der Waals surface area contributed by atoms with Crippen molar-refractivity contribution in [1.82, 2.24) is 0 Å². The van der Waals surface area contributed by atoms with Crippen LogP contribution >= 0.6 is 11.8 Å². The van der Waals surface area contributed by atoms with Crippen molar-refractivity contribution < 1.29 is 9.53 Å². The first-order valence-electron chi connectivity index (χ1n) is 5.46. The van der Waals surface area contributed by atoms with E-state index in [1.165, 1.54) is 7.11 Å². The van der Waals surface area contributed by atoms with E-state index in [-0.39, 0.29) is 5.97 Å². The van der Waals surface area contributed by atoms with Crippen LogP contribution in [0.25, 0.3) is 0 Å². The van der Waals surface area contributed by atoms with E-state index in [1.807, 2.05) is 36.0 Å². The monoisotopic (exact) mass is 238 g/mol. The van der Waals surface area contributed by atoms with E-state index >= 15 is 0 Å². The minimum atomic E-state index is -0.250. The zero-order valence-corrected chi connectivity index (χ0v) is 10.8. The van der Waals surface area contributed by atoms with Crippen molar-refractivity contribution in [3.8, 4) is 0 Å². The second-order valence-electron chi connectivity index (χ2n) is 3.68. The van der Waals surface area contributed by atoms with Crippen LogP contribution in [-0.2, 0) is 10.5 Å². The maximum atomic E-state index is 11.5. The van der Waals surface area contributed by atoms with Crippen LogP contribution in [0.5, 0.6) is 0 Å². The first-order chi connectivity index (χ1) is 7.69. The quantitative estimate of drug-likeness (QED) is 0.734. The molecule has 0 spiro atoms. The lowest BCUT2D eigenvalue weighted by atomic mass is 10.1. The van der Waals surface area contributed by atoms with Crippen LogP contribution in [0.1, 0.15) is 36.2 Å². The van der Waals surface area contributed by atoms with E-state index in [0.717, 1.165) is 17.7 Å². The Balaban J connectivity index is 2.75. The Kier molecular flexibility index (Phi) is 5.39. The zero-order chi connectivity index (χ0) is 12.0. The number of esters is 1. The molecule has 0 fully saturated rings. The maximum Gasteiger partial charge on any atom is 0.338 e. The van der Waals surface area contributed by atoms with Gasteiger partial charge in [0, 0.05) is 11.0 Å². The predicted octanol–water partition coefficient (Wildman–Crippen LogP) is 3.50. The molecule has 1 aromatic rings. The summed E-state index contributed by atoms with van der Waals surface area (Å²) in [7, 11) is 1.42. The lowest BCUT2D eigenvalue weighted by molar-refractivity contribution is 0.0600. The van der Waals surface area contributed by atoms with Gasteiger partial charge in [-0.1, -0.05) is 32.0 Å². The second-order valence-corrected chi connectivity index (χ2v) is 5.11. The van der Waals surface area contributed by atoms with Crippen molar-refractivity contribution in [2.45, 2.75) is 31.3 Å². The molecule has 0 amide bonds. The van der Waals surface area contributed by atoms with Crippen molar-refractivity contribution in [3.05, 3.63) is 35.4 Å². The number of carbonyl (C=O) groups is 1. The summed E-state index contributed by atoms with van der Waals surface area (Å²) in [5, 5.41) is 0.616. The molecule has 0 aliphatic rings. The van der Waals surface area contributed by atoms with Gasteiger partial charge in [-0.2, -0.15) is 11.8 Å². The molecule has 0 aliphatic carbocycles. The molecule has 0 saturated heterocycles. The van der Waals surface area contributed by atoms with Crippen molar-refractivity contribution >= 4 is 17.7 Å². The topological polar surface area (TPSA) is 26.3 Å². The number of hydrogen-bond donors (Lipinski definition) is 0. The number of carbonyl (C=O) groups excluding carboxylic acids is 1. The van der Waals surface area contributed by atoms with Gasteiger partial charge in [-0.3, -0.25) is 0 Å². The summed E-state index contributed by atoms with van der Waals surface area (Å²) in [5.74, 6) is 0.612. The van der Waals surface area contributed by atoms with Gasteiger partial charge in [0.25, 0.3) is 0 Å². The van der Waals surface area contributed by atoms with Crippen LogP contribution in [0.2, 0.25) is 0 Å². The molecular formula is C13H18O2S. The van der Waals surface area contributed by atoms with Gasteiger partial charge >= 0.3 is 5.97 Å². The third kappa shape index (κ3) is 3.56. The van der Waals surface area contributed by atoms with E-state index < -0.39 is 0 Å². The first-order valence-corrected chi connectivity index (χ1v) is 6.51. The summed E-state index contributed by atoms with van der Waals surface area (Å²) in [6.45, 7) is 4.37. The molecule has 0 bridgehead atoms. The van der Waals surface area contributed by atoms with Crippen LogP contribution in [-0.4, -0.2) is 18.3 Å². The molecule has 1 unspecified atom stereocenters. The molecular weight excluding hydrogens is 220 g/mol. The summed E-state index contributed by atoms with van der Waals surface area (Å²) in [6, 6.07) is 7.63. The molecule has 0 radical (unpaired) electrons. The van der Waals surface area contributed by atoms with Gasteiger partial charge in [0.15, 0.2) is 0 Å². The standard InChI is InChI=1S/C13H18O2S/c1-4-10(2)16-9-11-7-5-6-8-12(11)13(14)15-3/h5-8,10H,4,9H2,1-3H3. The largest absolute Gasteiger partial charge is 0.465 e. The fourth-order valence-electron chi connectivity index (χ4n) is 1.31. The van der Waals surface area contributed by atoms with Crippen LogP contribution in [0.3, 0.4) is 0 Å². The molecule has 1 rings (SSSR count). The van der Waals surface area contributed by atoms with Gasteiger partial charge in [-0.05, 0) is 18.1 Å². The molecule has 3 heteroatoms. The van der Waals surface area contributed by atoms with Crippen molar-refractivity contribution in [3.63, 3.8) is 0 Å². The summed E-state index contributed by atoms with van der Waals surface area (Å²) >= 11 is 1.86. The first kappa shape index (κ1) is 13.1. The lowest BCUT2D eigenvalue weighted by Crippen LogP contribution is -2.05. The van der Waals surface area contributed by atoms with Crippen molar-refractivity contribution in [1.29, 1.82) is 0 Å². The van der Waals surface area contributed by atoms with E-state index in [4.69, 9.17) is 4.74 Å². The fourth-order valence-corrected chi connectivity index (χ4v) is 2.26. The Morgan fingerprint density at radius 3 is 2.75 bits per heavy atom. The molecule has 0 aromatic heterocycles. The van der Waals surface area contributed by atoms with Gasteiger partial charge < -0.3 is 4.74 Å². The number of hydrogen-bond acceptors (Lipinski definition) is 3. The van der Waals surface area contributed by atoms with Gasteiger partial charge in [0.05, 0.1) is 12.7 Å². The highest BCUT2D eigenvalue weighted by Gasteiger charge is 2.11. The number of ether oxygens (including phenoxy) is 1. The Morgan fingerprint density at radius 1 is 1.44 bits per heavy atom. The minimum Gasteiger partial charge on any atom is -0.465 e. The Labute approximate surface area is 101 Å². The van der Waals surface area contributed by atoms with Gasteiger partial charge in [-0.25, -0.2) is 4.79 Å². The Hall–Kier alpha value is -0.960. The number of methoxy groups -OCH3 is 1. The van der Waals surface area contributed by atoms with Crippen molar-refractivity contribution in [2.75, 3.05) is 7.11 Å². The highest BCUT2D eigenvalue weighted by molar-refractivity contribution is 7.99. The van der Waals surface area contributed by atoms with Crippen LogP contribution in [0, 0.1) is 0 Å². The maximum absolute atomic E-state index is 11.5. The van der Waals surface area contributed by atoms with E-state index in [2.05, 4.69) is 13.8 Å². The smallest absolute Gasteiger partial charge is 0.338 e. The molecule has 0 aliphatic heterocycles. The van der Waals surface area contributed by atoms with Gasteiger partial charge in [0.2, 0.25) is 0 Å². The Morgan fingerprint density at radius 2 is 2.12 bits per heavy atom. The van der Waals surface area contributed by atoms with Crippen LogP contribution in [0.4, 0.5) is 0 Å². The molecule has 0 saturated carbocycles. The average molecular weight is 238 g/mol. The molecule has 16 heavy (non-hydrogen) atoms. The summed E-state index contributed by atoms with van der Waals surface area (Å²) in [5.41, 5.74) is 1.74. The summed E-state index contributed by atoms with van der Waals surface area (Å²) < 4.78 is 4.76. The molecule has 1 atom stereocenters. The molecule has 1 aromatic carbocycles. The highest BCUT2D eigenvalue weighted by Crippen LogP contribution is 2.22.